The van der Waals surface area contributed by atoms with Gasteiger partial charge in [-0.25, -0.2) is 5.16 Å². The number of benzene rings is 1. The van der Waals surface area contributed by atoms with Crippen LogP contribution in [0.1, 0.15) is 0 Å². The second-order valence-electron chi connectivity index (χ2n) is 2.59. The third-order valence-corrected chi connectivity index (χ3v) is 2.19. The van der Waals surface area contributed by atoms with Crippen molar-refractivity contribution in [3.05, 3.63) is 33.1 Å². The first-order valence-electron chi connectivity index (χ1n) is 3.67. The summed E-state index contributed by atoms with van der Waals surface area (Å²) in [6.45, 7) is 0. The van der Waals surface area contributed by atoms with Crippen LogP contribution in [0.25, 0.3) is 11.4 Å². The Bertz CT molecular complexity index is 500. The van der Waals surface area contributed by atoms with Crippen molar-refractivity contribution in [3.63, 3.8) is 0 Å². The molecule has 0 saturated carbocycles. The molecule has 14 heavy (non-hydrogen) atoms. The first kappa shape index (κ1) is 9.71. The molecule has 1 N–H and O–H groups in total. The maximum atomic E-state index is 5.82. The predicted octanol–water partition coefficient (Wildman–Crippen LogP) is 3.71. The SMILES string of the molecule is S=c1nc(-c2cc(Cl)cc(Cl)c2)[nH]o1. The molecule has 0 amide bonds. The summed E-state index contributed by atoms with van der Waals surface area (Å²) in [6.07, 6.45) is 0. The largest absolute Gasteiger partial charge is 0.348 e. The summed E-state index contributed by atoms with van der Waals surface area (Å²) in [5, 5.41) is 3.64. The van der Waals surface area contributed by atoms with Crippen LogP contribution in [0.4, 0.5) is 0 Å². The molecule has 0 radical (unpaired) electrons. The van der Waals surface area contributed by atoms with Crippen LogP contribution in [0.5, 0.6) is 0 Å². The quantitative estimate of drug-likeness (QED) is 0.781. The molecule has 2 aromatic rings. The van der Waals surface area contributed by atoms with E-state index in [9.17, 15) is 0 Å². The Kier molecular flexibility index (Phi) is 2.58. The molecule has 0 fully saturated rings. The Morgan fingerprint density at radius 2 is 1.86 bits per heavy atom. The third-order valence-electron chi connectivity index (χ3n) is 1.57. The van der Waals surface area contributed by atoms with E-state index in [1.54, 1.807) is 18.2 Å². The Morgan fingerprint density at radius 1 is 1.21 bits per heavy atom. The molecule has 0 spiro atoms. The number of H-pyrrole nitrogens is 1. The molecule has 2 rings (SSSR count). The van der Waals surface area contributed by atoms with Crippen molar-refractivity contribution in [2.75, 3.05) is 0 Å². The van der Waals surface area contributed by atoms with Gasteiger partial charge in [0.05, 0.1) is 0 Å². The van der Waals surface area contributed by atoms with E-state index in [2.05, 4.69) is 10.1 Å². The molecule has 0 bridgehead atoms. The van der Waals surface area contributed by atoms with E-state index in [-0.39, 0.29) is 4.84 Å². The van der Waals surface area contributed by atoms with E-state index in [4.69, 9.17) is 39.9 Å². The Labute approximate surface area is 94.6 Å². The first-order valence-corrected chi connectivity index (χ1v) is 4.83. The van der Waals surface area contributed by atoms with Crippen LogP contribution in [-0.4, -0.2) is 10.1 Å². The Hall–Kier alpha value is -0.840. The summed E-state index contributed by atoms with van der Waals surface area (Å²) in [4.78, 5) is 4.09. The lowest BCUT2D eigenvalue weighted by Crippen LogP contribution is -1.80. The van der Waals surface area contributed by atoms with Crippen LogP contribution in [0.3, 0.4) is 0 Å². The Balaban J connectivity index is 2.56. The third kappa shape index (κ3) is 1.97. The molecule has 0 aliphatic carbocycles. The van der Waals surface area contributed by atoms with Crippen LogP contribution in [0, 0.1) is 4.84 Å². The van der Waals surface area contributed by atoms with Gasteiger partial charge in [0, 0.05) is 15.6 Å². The first-order chi connectivity index (χ1) is 6.65. The van der Waals surface area contributed by atoms with Crippen LogP contribution in [0.15, 0.2) is 22.7 Å². The van der Waals surface area contributed by atoms with Crippen molar-refractivity contribution in [2.45, 2.75) is 0 Å². The minimum Gasteiger partial charge on any atom is -0.348 e. The fourth-order valence-electron chi connectivity index (χ4n) is 1.04. The summed E-state index contributed by atoms with van der Waals surface area (Å²) in [6, 6.07) is 5.08. The number of rotatable bonds is 1. The molecule has 0 unspecified atom stereocenters. The topological polar surface area (TPSA) is 41.8 Å². The fraction of sp³-hybridized carbons (Fsp3) is 0. The molecule has 3 nitrogen and oxygen atoms in total. The molecular weight excluding hydrogens is 243 g/mol. The summed E-state index contributed by atoms with van der Waals surface area (Å²) in [7, 11) is 0. The van der Waals surface area contributed by atoms with Gasteiger partial charge in [-0.2, -0.15) is 4.98 Å². The van der Waals surface area contributed by atoms with Gasteiger partial charge >= 0.3 is 4.84 Å². The predicted molar refractivity (Wildman–Crippen MR) is 57.1 cm³/mol. The minimum atomic E-state index is 0.149. The highest BCUT2D eigenvalue weighted by atomic mass is 35.5. The molecule has 0 aliphatic rings. The lowest BCUT2D eigenvalue weighted by atomic mass is 10.2. The standard InChI is InChI=1S/C8H4Cl2N2OS/c9-5-1-4(2-6(10)3-5)7-11-8(14)13-12-7/h1-3H,(H,11,12,14). The van der Waals surface area contributed by atoms with Crippen LogP contribution >= 0.6 is 35.4 Å². The van der Waals surface area contributed by atoms with Gasteiger partial charge in [0.1, 0.15) is 0 Å². The van der Waals surface area contributed by atoms with Gasteiger partial charge in [-0.05, 0) is 30.4 Å². The van der Waals surface area contributed by atoms with E-state index in [1.807, 2.05) is 0 Å². The van der Waals surface area contributed by atoms with Crippen molar-refractivity contribution in [1.82, 2.24) is 10.1 Å². The van der Waals surface area contributed by atoms with Gasteiger partial charge < -0.3 is 4.52 Å². The van der Waals surface area contributed by atoms with E-state index in [0.29, 0.717) is 15.9 Å². The lowest BCUT2D eigenvalue weighted by Gasteiger charge is -1.97. The highest BCUT2D eigenvalue weighted by molar-refractivity contribution is 7.71. The summed E-state index contributed by atoms with van der Waals surface area (Å²) in [5.41, 5.74) is 0.738. The number of hydrogen-bond donors (Lipinski definition) is 1. The number of aromatic nitrogens is 2. The van der Waals surface area contributed by atoms with E-state index in [1.165, 1.54) is 0 Å². The molecule has 72 valence electrons. The second kappa shape index (κ2) is 3.73. The number of nitrogens with zero attached hydrogens (tertiary/aromatic N) is 1. The van der Waals surface area contributed by atoms with Crippen molar-refractivity contribution in [3.8, 4) is 11.4 Å². The van der Waals surface area contributed by atoms with E-state index >= 15 is 0 Å². The summed E-state index contributed by atoms with van der Waals surface area (Å²) in [5.74, 6) is 0.513. The number of aromatic amines is 1. The monoisotopic (exact) mass is 246 g/mol. The minimum absolute atomic E-state index is 0.149. The highest BCUT2D eigenvalue weighted by Gasteiger charge is 2.04. The lowest BCUT2D eigenvalue weighted by molar-refractivity contribution is 0.406. The molecule has 1 aromatic carbocycles. The molecule has 1 aromatic heterocycles. The smallest absolute Gasteiger partial charge is 0.314 e. The summed E-state index contributed by atoms with van der Waals surface area (Å²) >= 11 is 16.4. The van der Waals surface area contributed by atoms with Gasteiger partial charge in [-0.1, -0.05) is 23.2 Å². The average Bonchev–Trinajstić information content (AvgIpc) is 2.50. The van der Waals surface area contributed by atoms with Gasteiger partial charge in [-0.15, -0.1) is 0 Å². The maximum Gasteiger partial charge on any atom is 0.314 e. The van der Waals surface area contributed by atoms with E-state index < -0.39 is 0 Å². The van der Waals surface area contributed by atoms with Gasteiger partial charge in [0.25, 0.3) is 0 Å². The molecule has 0 saturated heterocycles. The van der Waals surface area contributed by atoms with Crippen LogP contribution < -0.4 is 0 Å². The molecule has 0 aliphatic heterocycles. The van der Waals surface area contributed by atoms with Crippen molar-refractivity contribution >= 4 is 35.4 Å². The van der Waals surface area contributed by atoms with Crippen LogP contribution in [0.2, 0.25) is 10.0 Å². The van der Waals surface area contributed by atoms with Gasteiger partial charge in [0.15, 0.2) is 5.82 Å². The van der Waals surface area contributed by atoms with Crippen molar-refractivity contribution in [2.24, 2.45) is 0 Å². The molecule has 0 atom stereocenters. The molecule has 6 heteroatoms. The maximum absolute atomic E-state index is 5.82. The zero-order valence-corrected chi connectivity index (χ0v) is 9.08. The Morgan fingerprint density at radius 3 is 2.36 bits per heavy atom. The second-order valence-corrected chi connectivity index (χ2v) is 3.81. The van der Waals surface area contributed by atoms with Gasteiger partial charge in [-0.3, -0.25) is 0 Å². The fourth-order valence-corrected chi connectivity index (χ4v) is 1.70. The van der Waals surface area contributed by atoms with Gasteiger partial charge in [0.2, 0.25) is 0 Å². The van der Waals surface area contributed by atoms with Crippen molar-refractivity contribution < 1.29 is 4.52 Å². The number of hydrogen-bond acceptors (Lipinski definition) is 3. The highest BCUT2D eigenvalue weighted by Crippen LogP contribution is 2.24. The average molecular weight is 247 g/mol. The number of nitrogens with one attached hydrogen (secondary N) is 1. The normalized spacial score (nSPS) is 10.4. The molecule has 1 heterocycles. The zero-order valence-electron chi connectivity index (χ0n) is 6.75. The number of halogens is 2. The van der Waals surface area contributed by atoms with Crippen molar-refractivity contribution in [1.29, 1.82) is 0 Å². The van der Waals surface area contributed by atoms with Crippen LogP contribution in [-0.2, 0) is 0 Å². The summed E-state index contributed by atoms with van der Waals surface area (Å²) < 4.78 is 4.79. The zero-order chi connectivity index (χ0) is 10.1. The molecular formula is C8H4Cl2N2OS. The van der Waals surface area contributed by atoms with E-state index in [0.717, 1.165) is 5.56 Å².